The minimum Gasteiger partial charge on any atom is -0.497 e. The maximum atomic E-state index is 12.4. The molecule has 0 aliphatic carbocycles. The van der Waals surface area contributed by atoms with Gasteiger partial charge >= 0.3 is 0 Å². The quantitative estimate of drug-likeness (QED) is 0.608. The van der Waals surface area contributed by atoms with Crippen LogP contribution in [-0.2, 0) is 4.79 Å². The third-order valence-corrected chi connectivity index (χ3v) is 3.70. The van der Waals surface area contributed by atoms with Crippen LogP contribution in [0.5, 0.6) is 5.75 Å². The number of aromatic nitrogens is 2. The molecule has 8 heteroatoms. The van der Waals surface area contributed by atoms with Crippen molar-refractivity contribution in [3.05, 3.63) is 66.5 Å². The molecule has 2 aromatic carbocycles. The highest BCUT2D eigenvalue weighted by atomic mass is 16.5. The Balaban J connectivity index is 1.64. The highest BCUT2D eigenvalue weighted by Crippen LogP contribution is 2.18. The molecule has 0 bridgehead atoms. The van der Waals surface area contributed by atoms with E-state index >= 15 is 0 Å². The molecule has 1 heterocycles. The predicted molar refractivity (Wildman–Crippen MR) is 107 cm³/mol. The van der Waals surface area contributed by atoms with Gasteiger partial charge in [-0.1, -0.05) is 6.07 Å². The molecule has 3 N–H and O–H groups in total. The highest BCUT2D eigenvalue weighted by molar-refractivity contribution is 6.04. The van der Waals surface area contributed by atoms with Gasteiger partial charge in [-0.2, -0.15) is 0 Å². The van der Waals surface area contributed by atoms with E-state index in [0.717, 1.165) is 11.4 Å². The monoisotopic (exact) mass is 377 g/mol. The number of hydrogen-bond donors (Lipinski definition) is 3. The molecule has 142 valence electrons. The minimum absolute atomic E-state index is 0.183. The number of benzene rings is 2. The fourth-order valence-electron chi connectivity index (χ4n) is 2.39. The van der Waals surface area contributed by atoms with Crippen LogP contribution in [-0.4, -0.2) is 28.9 Å². The van der Waals surface area contributed by atoms with Crippen molar-refractivity contribution in [3.63, 3.8) is 0 Å². The maximum absolute atomic E-state index is 12.4. The zero-order valence-corrected chi connectivity index (χ0v) is 15.4. The Morgan fingerprint density at radius 2 is 1.54 bits per heavy atom. The molecule has 1 aromatic heterocycles. The number of nitrogens with zero attached hydrogens (tertiary/aromatic N) is 2. The number of amides is 2. The third-order valence-electron chi connectivity index (χ3n) is 3.70. The summed E-state index contributed by atoms with van der Waals surface area (Å²) in [6, 6.07) is 14.2. The molecule has 8 nitrogen and oxygen atoms in total. The number of anilines is 4. The Morgan fingerprint density at radius 3 is 2.14 bits per heavy atom. The Hall–Kier alpha value is -3.94. The topological polar surface area (TPSA) is 105 Å². The molecule has 0 aliphatic heterocycles. The summed E-state index contributed by atoms with van der Waals surface area (Å²) in [6.45, 7) is 1.42. The Morgan fingerprint density at radius 1 is 0.893 bits per heavy atom. The number of nitrogens with one attached hydrogen (secondary N) is 3. The Labute approximate surface area is 162 Å². The van der Waals surface area contributed by atoms with E-state index in [-0.39, 0.29) is 11.8 Å². The first-order valence-corrected chi connectivity index (χ1v) is 8.45. The number of carbonyl (C=O) groups is 2. The number of carbonyl (C=O) groups excluding carboxylic acids is 2. The summed E-state index contributed by atoms with van der Waals surface area (Å²) < 4.78 is 5.11. The summed E-state index contributed by atoms with van der Waals surface area (Å²) in [5.41, 5.74) is 2.26. The van der Waals surface area contributed by atoms with E-state index in [9.17, 15) is 9.59 Å². The molecule has 2 amide bonds. The van der Waals surface area contributed by atoms with Crippen molar-refractivity contribution >= 4 is 34.8 Å². The first kappa shape index (κ1) is 18.8. The molecule has 0 unspecified atom stereocenters. The van der Waals surface area contributed by atoms with Gasteiger partial charge in [0.15, 0.2) is 0 Å². The van der Waals surface area contributed by atoms with Gasteiger partial charge in [0.1, 0.15) is 5.75 Å². The molecule has 0 fully saturated rings. The van der Waals surface area contributed by atoms with Crippen LogP contribution in [0.2, 0.25) is 0 Å². The van der Waals surface area contributed by atoms with E-state index in [1.165, 1.54) is 19.3 Å². The average molecular weight is 377 g/mol. The highest BCUT2D eigenvalue weighted by Gasteiger charge is 2.09. The van der Waals surface area contributed by atoms with Gasteiger partial charge in [-0.15, -0.1) is 0 Å². The summed E-state index contributed by atoms with van der Waals surface area (Å²) >= 11 is 0. The van der Waals surface area contributed by atoms with E-state index < -0.39 is 0 Å². The van der Waals surface area contributed by atoms with Crippen LogP contribution in [0, 0.1) is 0 Å². The molecule has 3 aromatic rings. The average Bonchev–Trinajstić information content (AvgIpc) is 2.69. The lowest BCUT2D eigenvalue weighted by atomic mass is 10.2. The van der Waals surface area contributed by atoms with Crippen molar-refractivity contribution < 1.29 is 14.3 Å². The zero-order valence-electron chi connectivity index (χ0n) is 15.4. The summed E-state index contributed by atoms with van der Waals surface area (Å²) in [6.07, 6.45) is 2.87. The van der Waals surface area contributed by atoms with E-state index in [4.69, 9.17) is 4.74 Å². The SMILES string of the molecule is COc1ccc(Nc2ncc(C(=O)Nc3cccc(NC(C)=O)c3)cn2)cc1. The van der Waals surface area contributed by atoms with Crippen LogP contribution in [0.25, 0.3) is 0 Å². The summed E-state index contributed by atoms with van der Waals surface area (Å²) in [4.78, 5) is 31.8. The lowest BCUT2D eigenvalue weighted by molar-refractivity contribution is -0.114. The second-order valence-electron chi connectivity index (χ2n) is 5.86. The molecule has 0 aliphatic rings. The molecule has 0 radical (unpaired) electrons. The second kappa shape index (κ2) is 8.63. The first-order valence-electron chi connectivity index (χ1n) is 8.45. The number of rotatable bonds is 6. The molecule has 0 saturated carbocycles. The van der Waals surface area contributed by atoms with Crippen molar-refractivity contribution in [3.8, 4) is 5.75 Å². The Bertz CT molecular complexity index is 972. The molecule has 28 heavy (non-hydrogen) atoms. The minimum atomic E-state index is -0.351. The third kappa shape index (κ3) is 5.04. The molecular weight excluding hydrogens is 358 g/mol. The summed E-state index contributed by atoms with van der Waals surface area (Å²) in [5, 5.41) is 8.46. The lowest BCUT2D eigenvalue weighted by Gasteiger charge is -2.09. The zero-order chi connectivity index (χ0) is 19.9. The van der Waals surface area contributed by atoms with Crippen LogP contribution in [0.4, 0.5) is 23.0 Å². The van der Waals surface area contributed by atoms with Crippen LogP contribution in [0.15, 0.2) is 60.9 Å². The van der Waals surface area contributed by atoms with Gasteiger partial charge in [0.25, 0.3) is 5.91 Å². The van der Waals surface area contributed by atoms with Crippen LogP contribution < -0.4 is 20.7 Å². The maximum Gasteiger partial charge on any atom is 0.258 e. The normalized spacial score (nSPS) is 10.1. The van der Waals surface area contributed by atoms with Crippen molar-refractivity contribution in [1.29, 1.82) is 0 Å². The van der Waals surface area contributed by atoms with Gasteiger partial charge in [0.05, 0.1) is 12.7 Å². The fourth-order valence-corrected chi connectivity index (χ4v) is 2.39. The van der Waals surface area contributed by atoms with Crippen molar-refractivity contribution in [1.82, 2.24) is 9.97 Å². The predicted octanol–water partition coefficient (Wildman–Crippen LogP) is 3.44. The number of hydrogen-bond acceptors (Lipinski definition) is 6. The second-order valence-corrected chi connectivity index (χ2v) is 5.86. The molecule has 0 spiro atoms. The lowest BCUT2D eigenvalue weighted by Crippen LogP contribution is -2.13. The molecule has 3 rings (SSSR count). The fraction of sp³-hybridized carbons (Fsp3) is 0.100. The van der Waals surface area contributed by atoms with Gasteiger partial charge in [0, 0.05) is 36.4 Å². The summed E-state index contributed by atoms with van der Waals surface area (Å²) in [7, 11) is 1.60. The van der Waals surface area contributed by atoms with Gasteiger partial charge in [-0.25, -0.2) is 9.97 Å². The molecule has 0 atom stereocenters. The smallest absolute Gasteiger partial charge is 0.258 e. The summed E-state index contributed by atoms with van der Waals surface area (Å²) in [5.74, 6) is 0.586. The van der Waals surface area contributed by atoms with Crippen molar-refractivity contribution in [2.45, 2.75) is 6.92 Å². The Kier molecular flexibility index (Phi) is 5.81. The first-order chi connectivity index (χ1) is 13.5. The van der Waals surface area contributed by atoms with E-state index in [0.29, 0.717) is 22.9 Å². The van der Waals surface area contributed by atoms with Gasteiger partial charge < -0.3 is 20.7 Å². The largest absolute Gasteiger partial charge is 0.497 e. The van der Waals surface area contributed by atoms with Gasteiger partial charge in [0.2, 0.25) is 11.9 Å². The standard InChI is InChI=1S/C20H19N5O3/c1-13(26)23-16-4-3-5-17(10-16)24-19(27)14-11-21-20(22-12-14)25-15-6-8-18(28-2)9-7-15/h3-12H,1-2H3,(H,23,26)(H,24,27)(H,21,22,25). The molecular formula is C20H19N5O3. The van der Waals surface area contributed by atoms with Crippen molar-refractivity contribution in [2.24, 2.45) is 0 Å². The van der Waals surface area contributed by atoms with Crippen LogP contribution >= 0.6 is 0 Å². The number of methoxy groups -OCH3 is 1. The van der Waals surface area contributed by atoms with Crippen molar-refractivity contribution in [2.75, 3.05) is 23.1 Å². The van der Waals surface area contributed by atoms with Gasteiger partial charge in [-0.3, -0.25) is 9.59 Å². The van der Waals surface area contributed by atoms with E-state index in [2.05, 4.69) is 25.9 Å². The number of ether oxygens (including phenoxy) is 1. The van der Waals surface area contributed by atoms with Gasteiger partial charge in [-0.05, 0) is 42.5 Å². The van der Waals surface area contributed by atoms with Crippen LogP contribution in [0.1, 0.15) is 17.3 Å². The van der Waals surface area contributed by atoms with E-state index in [1.807, 2.05) is 24.3 Å². The molecule has 0 saturated heterocycles. The van der Waals surface area contributed by atoms with Crippen LogP contribution in [0.3, 0.4) is 0 Å². The van der Waals surface area contributed by atoms with E-state index in [1.54, 1.807) is 31.4 Å².